The Morgan fingerprint density at radius 2 is 1.64 bits per heavy atom. The molecule has 2 aromatic rings. The SMILES string of the molecule is CCN(CC(=O)Nc1c(F)cccc1F)C(=O)CCc1ccccc1. The van der Waals surface area contributed by atoms with E-state index < -0.39 is 23.2 Å². The largest absolute Gasteiger partial charge is 0.334 e. The standard InChI is InChI=1S/C19H20F2N2O2/c1-2-23(18(25)12-11-14-7-4-3-5-8-14)13-17(24)22-19-15(20)9-6-10-16(19)21/h3-10H,2,11-13H2,1H3,(H,22,24). The lowest BCUT2D eigenvalue weighted by molar-refractivity contribution is -0.134. The molecule has 0 unspecified atom stereocenters. The molecule has 0 spiro atoms. The third-order valence-electron chi connectivity index (χ3n) is 3.77. The molecular formula is C19H20F2N2O2. The number of para-hydroxylation sites is 1. The topological polar surface area (TPSA) is 49.4 Å². The van der Waals surface area contributed by atoms with Crippen LogP contribution in [0, 0.1) is 11.6 Å². The molecule has 0 aromatic heterocycles. The molecule has 0 fully saturated rings. The Bertz CT molecular complexity index is 715. The molecule has 132 valence electrons. The number of nitrogens with zero attached hydrogens (tertiary/aromatic N) is 1. The second-order valence-electron chi connectivity index (χ2n) is 5.54. The van der Waals surface area contributed by atoms with Crippen LogP contribution < -0.4 is 5.32 Å². The number of benzene rings is 2. The van der Waals surface area contributed by atoms with Crippen molar-refractivity contribution in [1.29, 1.82) is 0 Å². The normalized spacial score (nSPS) is 10.4. The van der Waals surface area contributed by atoms with E-state index in [0.29, 0.717) is 13.0 Å². The molecular weight excluding hydrogens is 326 g/mol. The fourth-order valence-electron chi connectivity index (χ4n) is 2.40. The van der Waals surface area contributed by atoms with Crippen LogP contribution in [0.3, 0.4) is 0 Å². The fourth-order valence-corrected chi connectivity index (χ4v) is 2.40. The van der Waals surface area contributed by atoms with E-state index in [2.05, 4.69) is 5.32 Å². The molecule has 4 nitrogen and oxygen atoms in total. The first-order valence-corrected chi connectivity index (χ1v) is 8.06. The number of hydrogen-bond donors (Lipinski definition) is 1. The summed E-state index contributed by atoms with van der Waals surface area (Å²) < 4.78 is 27.1. The first-order chi connectivity index (χ1) is 12.0. The van der Waals surface area contributed by atoms with Gasteiger partial charge in [0.15, 0.2) is 0 Å². The number of anilines is 1. The second kappa shape index (κ2) is 8.92. The van der Waals surface area contributed by atoms with Crippen LogP contribution in [0.25, 0.3) is 0 Å². The van der Waals surface area contributed by atoms with E-state index in [4.69, 9.17) is 0 Å². The van der Waals surface area contributed by atoms with Crippen LogP contribution in [0.2, 0.25) is 0 Å². The average molecular weight is 346 g/mol. The average Bonchev–Trinajstić information content (AvgIpc) is 2.61. The smallest absolute Gasteiger partial charge is 0.244 e. The minimum absolute atomic E-state index is 0.185. The fraction of sp³-hybridized carbons (Fsp3) is 0.263. The predicted molar refractivity (Wildman–Crippen MR) is 92.0 cm³/mol. The number of carbonyl (C=O) groups excluding carboxylic acids is 2. The van der Waals surface area contributed by atoms with Crippen molar-refractivity contribution in [3.05, 3.63) is 65.7 Å². The van der Waals surface area contributed by atoms with Gasteiger partial charge in [-0.25, -0.2) is 8.78 Å². The summed E-state index contributed by atoms with van der Waals surface area (Å²) in [7, 11) is 0. The number of amides is 2. The van der Waals surface area contributed by atoms with E-state index in [1.165, 1.54) is 11.0 Å². The van der Waals surface area contributed by atoms with E-state index >= 15 is 0 Å². The Morgan fingerprint density at radius 1 is 1.00 bits per heavy atom. The van der Waals surface area contributed by atoms with Crippen LogP contribution in [0.1, 0.15) is 18.9 Å². The minimum Gasteiger partial charge on any atom is -0.334 e. The maximum absolute atomic E-state index is 13.6. The number of aryl methyl sites for hydroxylation is 1. The van der Waals surface area contributed by atoms with Gasteiger partial charge in [-0.15, -0.1) is 0 Å². The summed E-state index contributed by atoms with van der Waals surface area (Å²) in [5.74, 6) is -2.53. The molecule has 0 aliphatic rings. The van der Waals surface area contributed by atoms with Crippen LogP contribution in [0.4, 0.5) is 14.5 Å². The molecule has 0 saturated heterocycles. The molecule has 2 amide bonds. The van der Waals surface area contributed by atoms with Gasteiger partial charge < -0.3 is 10.2 Å². The van der Waals surface area contributed by atoms with Gasteiger partial charge in [-0.1, -0.05) is 36.4 Å². The van der Waals surface area contributed by atoms with Gasteiger partial charge >= 0.3 is 0 Å². The molecule has 0 radical (unpaired) electrons. The monoisotopic (exact) mass is 346 g/mol. The highest BCUT2D eigenvalue weighted by Crippen LogP contribution is 2.17. The van der Waals surface area contributed by atoms with Crippen LogP contribution in [0.5, 0.6) is 0 Å². The van der Waals surface area contributed by atoms with Gasteiger partial charge in [0.2, 0.25) is 11.8 Å². The second-order valence-corrected chi connectivity index (χ2v) is 5.54. The molecule has 0 saturated carbocycles. The lowest BCUT2D eigenvalue weighted by atomic mass is 10.1. The third-order valence-corrected chi connectivity index (χ3v) is 3.77. The number of hydrogen-bond acceptors (Lipinski definition) is 2. The molecule has 0 atom stereocenters. The van der Waals surface area contributed by atoms with E-state index in [-0.39, 0.29) is 18.9 Å². The quantitative estimate of drug-likeness (QED) is 0.835. The van der Waals surface area contributed by atoms with Crippen molar-refractivity contribution in [1.82, 2.24) is 4.90 Å². The molecule has 25 heavy (non-hydrogen) atoms. The van der Waals surface area contributed by atoms with Gasteiger partial charge in [-0.2, -0.15) is 0 Å². The summed E-state index contributed by atoms with van der Waals surface area (Å²) in [6, 6.07) is 12.9. The van der Waals surface area contributed by atoms with Gasteiger partial charge in [0.1, 0.15) is 17.3 Å². The Hall–Kier alpha value is -2.76. The van der Waals surface area contributed by atoms with Gasteiger partial charge in [0, 0.05) is 13.0 Å². The van der Waals surface area contributed by atoms with E-state index in [1.54, 1.807) is 6.92 Å². The van der Waals surface area contributed by atoms with Crippen LogP contribution in [-0.2, 0) is 16.0 Å². The zero-order valence-electron chi connectivity index (χ0n) is 14.0. The summed E-state index contributed by atoms with van der Waals surface area (Å²) in [5, 5.41) is 2.19. The number of nitrogens with one attached hydrogen (secondary N) is 1. The van der Waals surface area contributed by atoms with Crippen molar-refractivity contribution < 1.29 is 18.4 Å². The predicted octanol–water partition coefficient (Wildman–Crippen LogP) is 3.38. The Balaban J connectivity index is 1.91. The maximum Gasteiger partial charge on any atom is 0.244 e. The minimum atomic E-state index is -0.855. The molecule has 0 aliphatic heterocycles. The van der Waals surface area contributed by atoms with E-state index in [9.17, 15) is 18.4 Å². The van der Waals surface area contributed by atoms with Gasteiger partial charge in [-0.3, -0.25) is 9.59 Å². The highest BCUT2D eigenvalue weighted by molar-refractivity contribution is 5.94. The first kappa shape index (κ1) is 18.6. The number of halogens is 2. The van der Waals surface area contributed by atoms with Gasteiger partial charge in [-0.05, 0) is 31.0 Å². The summed E-state index contributed by atoms with van der Waals surface area (Å²) in [4.78, 5) is 25.7. The third kappa shape index (κ3) is 5.38. The molecule has 1 N–H and O–H groups in total. The number of likely N-dealkylation sites (N-methyl/N-ethyl adjacent to an activating group) is 1. The molecule has 0 bridgehead atoms. The summed E-state index contributed by atoms with van der Waals surface area (Å²) in [6.07, 6.45) is 0.832. The summed E-state index contributed by atoms with van der Waals surface area (Å²) >= 11 is 0. The Labute approximate surface area is 145 Å². The lowest BCUT2D eigenvalue weighted by Crippen LogP contribution is -2.38. The number of rotatable bonds is 7. The Morgan fingerprint density at radius 3 is 2.24 bits per heavy atom. The van der Waals surface area contributed by atoms with Gasteiger partial charge in [0.05, 0.1) is 6.54 Å². The highest BCUT2D eigenvalue weighted by Gasteiger charge is 2.18. The van der Waals surface area contributed by atoms with Crippen LogP contribution in [-0.4, -0.2) is 29.8 Å². The van der Waals surface area contributed by atoms with Crippen molar-refractivity contribution in [3.8, 4) is 0 Å². The lowest BCUT2D eigenvalue weighted by Gasteiger charge is -2.20. The maximum atomic E-state index is 13.6. The molecule has 2 aromatic carbocycles. The summed E-state index contributed by atoms with van der Waals surface area (Å²) in [5.41, 5.74) is 0.532. The van der Waals surface area contributed by atoms with Crippen LogP contribution >= 0.6 is 0 Å². The summed E-state index contributed by atoms with van der Waals surface area (Å²) in [6.45, 7) is 1.83. The van der Waals surface area contributed by atoms with Gasteiger partial charge in [0.25, 0.3) is 0 Å². The van der Waals surface area contributed by atoms with E-state index in [1.807, 2.05) is 30.3 Å². The number of carbonyl (C=O) groups is 2. The van der Waals surface area contributed by atoms with Crippen molar-refractivity contribution in [2.45, 2.75) is 19.8 Å². The van der Waals surface area contributed by atoms with Crippen LogP contribution in [0.15, 0.2) is 48.5 Å². The van der Waals surface area contributed by atoms with Crippen molar-refractivity contribution in [3.63, 3.8) is 0 Å². The zero-order valence-corrected chi connectivity index (χ0v) is 14.0. The van der Waals surface area contributed by atoms with E-state index in [0.717, 1.165) is 17.7 Å². The Kier molecular flexibility index (Phi) is 6.62. The zero-order chi connectivity index (χ0) is 18.2. The first-order valence-electron chi connectivity index (χ1n) is 8.06. The van der Waals surface area contributed by atoms with Crippen molar-refractivity contribution in [2.24, 2.45) is 0 Å². The molecule has 2 rings (SSSR count). The molecule has 0 heterocycles. The highest BCUT2D eigenvalue weighted by atomic mass is 19.1. The molecule has 0 aliphatic carbocycles. The van der Waals surface area contributed by atoms with Crippen molar-refractivity contribution in [2.75, 3.05) is 18.4 Å². The molecule has 6 heteroatoms. The van der Waals surface area contributed by atoms with Crippen molar-refractivity contribution >= 4 is 17.5 Å².